The molecule has 1 aliphatic rings. The number of carbonyl (C=O) groups is 1. The summed E-state index contributed by atoms with van der Waals surface area (Å²) in [5, 5.41) is 14.0. The Kier molecular flexibility index (Phi) is 5.45. The number of amides is 1. The number of rotatable bonds is 6. The Bertz CT molecular complexity index is 724. The molecule has 0 aliphatic carbocycles. The van der Waals surface area contributed by atoms with Gasteiger partial charge in [0.25, 0.3) is 11.6 Å². The Morgan fingerprint density at radius 2 is 1.96 bits per heavy atom. The molecule has 2 aromatic rings. The summed E-state index contributed by atoms with van der Waals surface area (Å²) in [6, 6.07) is 9.78. The van der Waals surface area contributed by atoms with Gasteiger partial charge in [-0.05, 0) is 37.5 Å². The molecule has 1 amide bonds. The molecule has 1 aromatic heterocycles. The average Bonchev–Trinajstić information content (AvgIpc) is 3.17. The molecular formula is C18H22N3O4+. The number of hydrogen-bond donors (Lipinski definition) is 2. The van der Waals surface area contributed by atoms with Gasteiger partial charge in [-0.1, -0.05) is 12.1 Å². The number of nitrogens with one attached hydrogen (secondary N) is 2. The normalized spacial score (nSPS) is 16.3. The van der Waals surface area contributed by atoms with Crippen molar-refractivity contribution >= 4 is 11.6 Å². The van der Waals surface area contributed by atoms with Crippen LogP contribution < -0.4 is 10.2 Å². The highest BCUT2D eigenvalue weighted by molar-refractivity contribution is 5.98. The molecule has 0 radical (unpaired) electrons. The molecule has 7 heteroatoms. The first-order chi connectivity index (χ1) is 12.2. The molecule has 0 saturated carbocycles. The number of carbonyl (C=O) groups excluding carboxylic acids is 1. The second kappa shape index (κ2) is 7.94. The van der Waals surface area contributed by atoms with E-state index in [1.54, 1.807) is 18.4 Å². The third-order valence-electron chi connectivity index (χ3n) is 4.69. The number of quaternary nitrogens is 1. The highest BCUT2D eigenvalue weighted by Crippen LogP contribution is 2.18. The van der Waals surface area contributed by atoms with Crippen molar-refractivity contribution in [1.29, 1.82) is 0 Å². The third-order valence-corrected chi connectivity index (χ3v) is 4.69. The first-order valence-corrected chi connectivity index (χ1v) is 8.56. The van der Waals surface area contributed by atoms with E-state index in [9.17, 15) is 14.9 Å². The molecule has 3 rings (SSSR count). The fraction of sp³-hybridized carbons (Fsp3) is 0.389. The molecule has 1 aromatic carbocycles. The molecule has 1 atom stereocenters. The highest BCUT2D eigenvalue weighted by atomic mass is 16.6. The maximum Gasteiger partial charge on any atom is 0.282 e. The summed E-state index contributed by atoms with van der Waals surface area (Å²) in [7, 11) is 0. The molecule has 25 heavy (non-hydrogen) atoms. The number of furan rings is 1. The van der Waals surface area contributed by atoms with E-state index in [1.807, 2.05) is 12.1 Å². The second-order valence-electron chi connectivity index (χ2n) is 6.27. The molecule has 7 nitrogen and oxygen atoms in total. The van der Waals surface area contributed by atoms with Crippen LogP contribution in [0.15, 0.2) is 47.1 Å². The Balaban J connectivity index is 1.73. The van der Waals surface area contributed by atoms with Crippen molar-refractivity contribution in [3.63, 3.8) is 0 Å². The summed E-state index contributed by atoms with van der Waals surface area (Å²) in [6.07, 6.45) is 5.18. The van der Waals surface area contributed by atoms with E-state index < -0.39 is 10.8 Å². The van der Waals surface area contributed by atoms with Gasteiger partial charge < -0.3 is 14.6 Å². The van der Waals surface area contributed by atoms with Crippen LogP contribution in [0.25, 0.3) is 0 Å². The first-order valence-electron chi connectivity index (χ1n) is 8.56. The van der Waals surface area contributed by atoms with Crippen LogP contribution >= 0.6 is 0 Å². The predicted molar refractivity (Wildman–Crippen MR) is 91.4 cm³/mol. The number of nitro benzene ring substituents is 1. The minimum Gasteiger partial charge on any atom is -0.463 e. The van der Waals surface area contributed by atoms with Crippen LogP contribution in [0.5, 0.6) is 0 Å². The topological polar surface area (TPSA) is 89.8 Å². The number of benzene rings is 1. The Hall–Kier alpha value is -2.67. The van der Waals surface area contributed by atoms with Crippen LogP contribution in [-0.4, -0.2) is 30.5 Å². The van der Waals surface area contributed by atoms with E-state index in [0.29, 0.717) is 6.54 Å². The lowest BCUT2D eigenvalue weighted by Gasteiger charge is -2.30. The zero-order valence-corrected chi connectivity index (χ0v) is 13.9. The number of para-hydroxylation sites is 1. The molecule has 0 spiro atoms. The number of hydrogen-bond acceptors (Lipinski definition) is 4. The molecule has 2 N–H and O–H groups in total. The fourth-order valence-electron chi connectivity index (χ4n) is 3.40. The molecule has 2 heterocycles. The summed E-state index contributed by atoms with van der Waals surface area (Å²) in [6.45, 7) is 2.45. The second-order valence-corrected chi connectivity index (χ2v) is 6.27. The van der Waals surface area contributed by atoms with Crippen molar-refractivity contribution in [3.8, 4) is 0 Å². The number of nitrogens with zero attached hydrogens (tertiary/aromatic N) is 1. The molecule has 1 saturated heterocycles. The van der Waals surface area contributed by atoms with Crippen molar-refractivity contribution in [3.05, 3.63) is 64.1 Å². The van der Waals surface area contributed by atoms with Gasteiger partial charge in [-0.25, -0.2) is 0 Å². The lowest BCUT2D eigenvalue weighted by atomic mass is 10.1. The van der Waals surface area contributed by atoms with Gasteiger partial charge >= 0.3 is 0 Å². The Labute approximate surface area is 145 Å². The van der Waals surface area contributed by atoms with E-state index >= 15 is 0 Å². The standard InChI is InChI=1S/C18H21N3O4/c22-18(14-7-2-3-8-15(14)21(23)24)19-13-16(17-9-6-12-25-17)20-10-4-1-5-11-20/h2-3,6-9,12,16H,1,4-5,10-11,13H2,(H,19,22)/p+1/t16-/m0/s1. The molecule has 1 aliphatic heterocycles. The van der Waals surface area contributed by atoms with Gasteiger partial charge in [0, 0.05) is 6.07 Å². The van der Waals surface area contributed by atoms with Gasteiger partial charge in [-0.15, -0.1) is 0 Å². The molecule has 0 bridgehead atoms. The lowest BCUT2D eigenvalue weighted by Crippen LogP contribution is -3.13. The summed E-state index contributed by atoms with van der Waals surface area (Å²) in [5.74, 6) is 0.403. The van der Waals surface area contributed by atoms with Crippen molar-refractivity contribution < 1.29 is 19.0 Å². The predicted octanol–water partition coefficient (Wildman–Crippen LogP) is 1.73. The molecule has 132 valence electrons. The largest absolute Gasteiger partial charge is 0.463 e. The first kappa shape index (κ1) is 17.2. The quantitative estimate of drug-likeness (QED) is 0.617. The van der Waals surface area contributed by atoms with Crippen LogP contribution in [0.3, 0.4) is 0 Å². The Morgan fingerprint density at radius 3 is 2.64 bits per heavy atom. The zero-order chi connectivity index (χ0) is 17.6. The van der Waals surface area contributed by atoms with E-state index in [1.165, 1.54) is 23.5 Å². The van der Waals surface area contributed by atoms with E-state index in [4.69, 9.17) is 4.42 Å². The van der Waals surface area contributed by atoms with Crippen LogP contribution in [0.1, 0.15) is 41.4 Å². The third kappa shape index (κ3) is 4.06. The molecule has 0 unspecified atom stereocenters. The van der Waals surface area contributed by atoms with Gasteiger partial charge in [0.2, 0.25) is 0 Å². The van der Waals surface area contributed by atoms with Crippen molar-refractivity contribution in [2.45, 2.75) is 25.3 Å². The van der Waals surface area contributed by atoms with E-state index in [0.717, 1.165) is 31.7 Å². The van der Waals surface area contributed by atoms with Gasteiger partial charge in [-0.3, -0.25) is 14.9 Å². The van der Waals surface area contributed by atoms with Gasteiger partial charge in [0.1, 0.15) is 5.56 Å². The number of piperidine rings is 1. The minimum atomic E-state index is -0.533. The zero-order valence-electron chi connectivity index (χ0n) is 13.9. The summed E-state index contributed by atoms with van der Waals surface area (Å²) < 4.78 is 5.57. The van der Waals surface area contributed by atoms with Crippen molar-refractivity contribution in [2.75, 3.05) is 19.6 Å². The lowest BCUT2D eigenvalue weighted by molar-refractivity contribution is -0.936. The monoisotopic (exact) mass is 344 g/mol. The van der Waals surface area contributed by atoms with Gasteiger partial charge in [0.05, 0.1) is 30.8 Å². The van der Waals surface area contributed by atoms with Crippen molar-refractivity contribution in [1.82, 2.24) is 5.32 Å². The summed E-state index contributed by atoms with van der Waals surface area (Å²) in [4.78, 5) is 24.4. The molecular weight excluding hydrogens is 322 g/mol. The molecule has 1 fully saturated rings. The van der Waals surface area contributed by atoms with Crippen LogP contribution in [0, 0.1) is 10.1 Å². The minimum absolute atomic E-state index is 0.0158. The van der Waals surface area contributed by atoms with E-state index in [-0.39, 0.29) is 17.3 Å². The Morgan fingerprint density at radius 1 is 1.20 bits per heavy atom. The van der Waals surface area contributed by atoms with Crippen LogP contribution in [0.4, 0.5) is 5.69 Å². The summed E-state index contributed by atoms with van der Waals surface area (Å²) >= 11 is 0. The number of likely N-dealkylation sites (tertiary alicyclic amines) is 1. The average molecular weight is 344 g/mol. The van der Waals surface area contributed by atoms with Gasteiger partial charge in [0.15, 0.2) is 11.8 Å². The fourth-order valence-corrected chi connectivity index (χ4v) is 3.40. The van der Waals surface area contributed by atoms with Crippen LogP contribution in [0.2, 0.25) is 0 Å². The number of nitro groups is 1. The van der Waals surface area contributed by atoms with Crippen LogP contribution in [-0.2, 0) is 0 Å². The SMILES string of the molecule is O=C(NC[C@@H](c1ccco1)[NH+]1CCCCC1)c1ccccc1[N+](=O)[O-]. The summed E-state index contributed by atoms with van der Waals surface area (Å²) in [5.41, 5.74) is -0.0980. The van der Waals surface area contributed by atoms with Crippen molar-refractivity contribution in [2.24, 2.45) is 0 Å². The highest BCUT2D eigenvalue weighted by Gasteiger charge is 2.29. The van der Waals surface area contributed by atoms with E-state index in [2.05, 4.69) is 5.32 Å². The maximum absolute atomic E-state index is 12.5. The maximum atomic E-state index is 12.5. The van der Waals surface area contributed by atoms with Gasteiger partial charge in [-0.2, -0.15) is 0 Å². The smallest absolute Gasteiger partial charge is 0.282 e.